The van der Waals surface area contributed by atoms with Gasteiger partial charge in [0.25, 0.3) is 0 Å². The highest BCUT2D eigenvalue weighted by molar-refractivity contribution is 7.09. The Labute approximate surface area is 147 Å². The van der Waals surface area contributed by atoms with Gasteiger partial charge in [0.15, 0.2) is 0 Å². The molecule has 0 aromatic carbocycles. The Hall–Kier alpha value is -1.02. The number of likely N-dealkylation sites (tertiary alicyclic amines) is 1. The molecule has 0 N–H and O–H groups in total. The number of hydrogen-bond acceptors (Lipinski definition) is 6. The number of aromatic nitrogens is 1. The fourth-order valence-electron chi connectivity index (χ4n) is 3.72. The molecule has 134 valence electrons. The van der Waals surface area contributed by atoms with Crippen LogP contribution >= 0.6 is 11.3 Å². The standard InChI is InChI=1S/C17H27N3O3S/c1-19(2)16(21)11-22-13-17-5-3-8-23-14(17)4-7-20(12-17)10-15-18-6-9-24-15/h6,9,14H,3-5,7-8,10-13H2,1-2H3/t14-,17+/m1/s1. The zero-order chi connectivity index (χ0) is 17.0. The Kier molecular flexibility index (Phi) is 5.86. The minimum Gasteiger partial charge on any atom is -0.377 e. The van der Waals surface area contributed by atoms with Gasteiger partial charge in [-0.3, -0.25) is 9.69 Å². The average Bonchev–Trinajstić information content (AvgIpc) is 3.07. The van der Waals surface area contributed by atoms with Crippen LogP contribution in [0.25, 0.3) is 0 Å². The molecule has 0 spiro atoms. The number of fused-ring (bicyclic) bond motifs is 1. The van der Waals surface area contributed by atoms with Gasteiger partial charge in [-0.1, -0.05) is 0 Å². The number of piperidine rings is 1. The molecule has 1 aromatic rings. The third-order valence-electron chi connectivity index (χ3n) is 5.02. The van der Waals surface area contributed by atoms with Crippen LogP contribution in [0, 0.1) is 5.41 Å². The van der Waals surface area contributed by atoms with Crippen LogP contribution in [0.15, 0.2) is 11.6 Å². The normalized spacial score (nSPS) is 27.7. The maximum absolute atomic E-state index is 11.8. The van der Waals surface area contributed by atoms with Crippen molar-refractivity contribution in [3.05, 3.63) is 16.6 Å². The van der Waals surface area contributed by atoms with Gasteiger partial charge in [-0.15, -0.1) is 11.3 Å². The molecule has 0 radical (unpaired) electrons. The molecule has 2 saturated heterocycles. The van der Waals surface area contributed by atoms with Crippen molar-refractivity contribution in [3.63, 3.8) is 0 Å². The number of hydrogen-bond donors (Lipinski definition) is 0. The van der Waals surface area contributed by atoms with Gasteiger partial charge in [0.2, 0.25) is 5.91 Å². The third-order valence-corrected chi connectivity index (χ3v) is 5.79. The first-order valence-corrected chi connectivity index (χ1v) is 9.47. The Morgan fingerprint density at radius 1 is 1.58 bits per heavy atom. The second-order valence-corrected chi connectivity index (χ2v) is 8.01. The highest BCUT2D eigenvalue weighted by Gasteiger charge is 2.46. The van der Waals surface area contributed by atoms with E-state index in [4.69, 9.17) is 9.47 Å². The molecule has 2 aliphatic rings. The van der Waals surface area contributed by atoms with Crippen molar-refractivity contribution in [3.8, 4) is 0 Å². The summed E-state index contributed by atoms with van der Waals surface area (Å²) in [6, 6.07) is 0. The molecule has 0 bridgehead atoms. The number of ether oxygens (including phenoxy) is 2. The molecule has 3 heterocycles. The topological polar surface area (TPSA) is 54.9 Å². The van der Waals surface area contributed by atoms with Gasteiger partial charge < -0.3 is 14.4 Å². The number of rotatable bonds is 6. The number of likely N-dealkylation sites (N-methyl/N-ethyl adjacent to an activating group) is 1. The van der Waals surface area contributed by atoms with Crippen LogP contribution in [-0.4, -0.2) is 73.8 Å². The molecule has 3 rings (SSSR count). The van der Waals surface area contributed by atoms with Crippen LogP contribution in [0.3, 0.4) is 0 Å². The maximum Gasteiger partial charge on any atom is 0.248 e. The van der Waals surface area contributed by atoms with Crippen molar-refractivity contribution in [2.24, 2.45) is 5.41 Å². The average molecular weight is 353 g/mol. The van der Waals surface area contributed by atoms with Crippen LogP contribution in [0.2, 0.25) is 0 Å². The van der Waals surface area contributed by atoms with E-state index in [-0.39, 0.29) is 24.0 Å². The molecule has 1 amide bonds. The van der Waals surface area contributed by atoms with Crippen molar-refractivity contribution in [1.29, 1.82) is 0 Å². The summed E-state index contributed by atoms with van der Waals surface area (Å²) in [6.45, 7) is 4.45. The molecule has 2 fully saturated rings. The minimum atomic E-state index is 0.000350. The zero-order valence-corrected chi connectivity index (χ0v) is 15.4. The summed E-state index contributed by atoms with van der Waals surface area (Å²) in [6.07, 6.45) is 5.29. The van der Waals surface area contributed by atoms with Gasteiger partial charge in [0.1, 0.15) is 11.6 Å². The molecule has 2 aliphatic heterocycles. The second-order valence-electron chi connectivity index (χ2n) is 7.03. The van der Waals surface area contributed by atoms with Crippen LogP contribution < -0.4 is 0 Å². The molecule has 2 atom stereocenters. The monoisotopic (exact) mass is 353 g/mol. The highest BCUT2D eigenvalue weighted by Crippen LogP contribution is 2.40. The van der Waals surface area contributed by atoms with Crippen LogP contribution in [0.4, 0.5) is 0 Å². The van der Waals surface area contributed by atoms with E-state index in [2.05, 4.69) is 9.88 Å². The smallest absolute Gasteiger partial charge is 0.248 e. The van der Waals surface area contributed by atoms with Gasteiger partial charge in [-0.2, -0.15) is 0 Å². The van der Waals surface area contributed by atoms with E-state index in [1.54, 1.807) is 30.3 Å². The summed E-state index contributed by atoms with van der Waals surface area (Å²) in [5, 5.41) is 3.18. The predicted molar refractivity (Wildman–Crippen MR) is 92.9 cm³/mol. The first-order chi connectivity index (χ1) is 11.6. The maximum atomic E-state index is 11.8. The molecule has 24 heavy (non-hydrogen) atoms. The summed E-state index contributed by atoms with van der Waals surface area (Å²) >= 11 is 1.70. The second kappa shape index (κ2) is 7.91. The van der Waals surface area contributed by atoms with Crippen LogP contribution in [0.5, 0.6) is 0 Å². The van der Waals surface area contributed by atoms with Crippen molar-refractivity contribution in [2.75, 3.05) is 47.0 Å². The lowest BCUT2D eigenvalue weighted by Gasteiger charge is -2.50. The number of nitrogens with zero attached hydrogens (tertiary/aromatic N) is 3. The van der Waals surface area contributed by atoms with E-state index in [1.807, 2.05) is 11.6 Å². The lowest BCUT2D eigenvalue weighted by molar-refractivity contribution is -0.160. The Morgan fingerprint density at radius 2 is 2.46 bits per heavy atom. The predicted octanol–water partition coefficient (Wildman–Crippen LogP) is 1.62. The molecular formula is C17H27N3O3S. The van der Waals surface area contributed by atoms with Crippen molar-refractivity contribution >= 4 is 17.2 Å². The Bertz CT molecular complexity index is 537. The largest absolute Gasteiger partial charge is 0.377 e. The van der Waals surface area contributed by atoms with E-state index in [9.17, 15) is 4.79 Å². The summed E-state index contributed by atoms with van der Waals surface area (Å²) in [7, 11) is 3.51. The lowest BCUT2D eigenvalue weighted by Crippen LogP contribution is -2.56. The highest BCUT2D eigenvalue weighted by atomic mass is 32.1. The first kappa shape index (κ1) is 17.8. The lowest BCUT2D eigenvalue weighted by atomic mass is 9.73. The zero-order valence-electron chi connectivity index (χ0n) is 14.6. The van der Waals surface area contributed by atoms with E-state index in [1.165, 1.54) is 0 Å². The number of carbonyl (C=O) groups is 1. The molecule has 7 heteroatoms. The van der Waals surface area contributed by atoms with Gasteiger partial charge >= 0.3 is 0 Å². The van der Waals surface area contributed by atoms with E-state index >= 15 is 0 Å². The Balaban J connectivity index is 1.62. The molecule has 0 saturated carbocycles. The van der Waals surface area contributed by atoms with Gasteiger partial charge in [-0.05, 0) is 19.3 Å². The van der Waals surface area contributed by atoms with E-state index in [0.29, 0.717) is 6.61 Å². The van der Waals surface area contributed by atoms with Crippen molar-refractivity contribution in [2.45, 2.75) is 31.9 Å². The summed E-state index contributed by atoms with van der Waals surface area (Å²) in [5.41, 5.74) is 0.000350. The van der Waals surface area contributed by atoms with Crippen molar-refractivity contribution in [1.82, 2.24) is 14.8 Å². The number of amides is 1. The molecule has 6 nitrogen and oxygen atoms in total. The molecule has 0 unspecified atom stereocenters. The molecule has 1 aromatic heterocycles. The minimum absolute atomic E-state index is 0.000350. The van der Waals surface area contributed by atoms with Crippen LogP contribution in [0.1, 0.15) is 24.3 Å². The summed E-state index contributed by atoms with van der Waals surface area (Å²) in [4.78, 5) is 20.2. The number of carbonyl (C=O) groups excluding carboxylic acids is 1. The van der Waals surface area contributed by atoms with Gasteiger partial charge in [0.05, 0.1) is 19.3 Å². The summed E-state index contributed by atoms with van der Waals surface area (Å²) < 4.78 is 11.9. The van der Waals surface area contributed by atoms with Crippen molar-refractivity contribution < 1.29 is 14.3 Å². The third kappa shape index (κ3) is 4.14. The fourth-order valence-corrected chi connectivity index (χ4v) is 4.38. The SMILES string of the molecule is CN(C)C(=O)COC[C@@]12CCCO[C@@H]1CCN(Cc1nccs1)C2. The fraction of sp³-hybridized carbons (Fsp3) is 0.765. The summed E-state index contributed by atoms with van der Waals surface area (Å²) in [5.74, 6) is 0.00938. The molecular weight excluding hydrogens is 326 g/mol. The quantitative estimate of drug-likeness (QED) is 0.778. The Morgan fingerprint density at radius 3 is 3.21 bits per heavy atom. The van der Waals surface area contributed by atoms with Gasteiger partial charge in [-0.25, -0.2) is 4.98 Å². The van der Waals surface area contributed by atoms with Crippen LogP contribution in [-0.2, 0) is 20.8 Å². The van der Waals surface area contributed by atoms with E-state index in [0.717, 1.165) is 50.5 Å². The van der Waals surface area contributed by atoms with E-state index < -0.39 is 0 Å². The first-order valence-electron chi connectivity index (χ1n) is 8.59. The molecule has 0 aliphatic carbocycles. The number of thiazole rings is 1. The van der Waals surface area contributed by atoms with Gasteiger partial charge in [0, 0.05) is 50.8 Å².